The Kier molecular flexibility index (Phi) is 5.76. The van der Waals surface area contributed by atoms with Gasteiger partial charge in [-0.2, -0.15) is 0 Å². The van der Waals surface area contributed by atoms with Gasteiger partial charge in [-0.25, -0.2) is 0 Å². The third-order valence-electron chi connectivity index (χ3n) is 5.78. The van der Waals surface area contributed by atoms with Crippen LogP contribution in [0, 0.1) is 11.3 Å². The number of aliphatic hydroxyl groups is 1. The molecule has 0 radical (unpaired) electrons. The van der Waals surface area contributed by atoms with E-state index in [0.717, 1.165) is 31.8 Å². The molecule has 5 heteroatoms. The second-order valence-electron chi connectivity index (χ2n) is 8.28. The molecule has 2 atom stereocenters. The molecular weight excluding hydrogens is 328 g/mol. The van der Waals surface area contributed by atoms with Crippen molar-refractivity contribution in [3.8, 4) is 5.75 Å². The Bertz CT molecular complexity index is 631. The van der Waals surface area contributed by atoms with E-state index in [0.29, 0.717) is 25.4 Å². The zero-order valence-corrected chi connectivity index (χ0v) is 16.3. The highest BCUT2D eigenvalue weighted by Crippen LogP contribution is 2.43. The fraction of sp³-hybridized carbons (Fsp3) is 0.667. The number of amides is 1. The van der Waals surface area contributed by atoms with Crippen LogP contribution in [-0.2, 0) is 4.79 Å². The first kappa shape index (κ1) is 19.0. The summed E-state index contributed by atoms with van der Waals surface area (Å²) in [5.41, 5.74) is 1.33. The van der Waals surface area contributed by atoms with Gasteiger partial charge in [0.2, 0.25) is 5.91 Å². The molecule has 3 saturated heterocycles. The molecule has 1 aromatic carbocycles. The minimum absolute atomic E-state index is 0.0777. The normalized spacial score (nSPS) is 24.5. The number of piperidine rings is 1. The first-order chi connectivity index (χ1) is 12.4. The zero-order valence-electron chi connectivity index (χ0n) is 16.3. The number of rotatable bonds is 6. The number of anilines is 1. The molecule has 1 aromatic rings. The van der Waals surface area contributed by atoms with Crippen LogP contribution in [0.15, 0.2) is 24.3 Å². The molecule has 144 valence electrons. The molecule has 3 fully saturated rings. The van der Waals surface area contributed by atoms with Crippen LogP contribution < -0.4 is 9.64 Å². The molecule has 2 bridgehead atoms. The predicted octanol–water partition coefficient (Wildman–Crippen LogP) is 2.92. The van der Waals surface area contributed by atoms with Gasteiger partial charge < -0.3 is 19.6 Å². The fourth-order valence-corrected chi connectivity index (χ4v) is 4.63. The number of carbonyl (C=O) groups is 1. The van der Waals surface area contributed by atoms with Crippen molar-refractivity contribution in [3.05, 3.63) is 24.3 Å². The van der Waals surface area contributed by atoms with E-state index >= 15 is 0 Å². The summed E-state index contributed by atoms with van der Waals surface area (Å²) in [7, 11) is 0. The first-order valence-corrected chi connectivity index (χ1v) is 9.82. The van der Waals surface area contributed by atoms with Gasteiger partial charge in [0.1, 0.15) is 5.75 Å². The van der Waals surface area contributed by atoms with Gasteiger partial charge in [0.05, 0.1) is 12.6 Å². The van der Waals surface area contributed by atoms with Crippen molar-refractivity contribution in [3.63, 3.8) is 0 Å². The van der Waals surface area contributed by atoms with Gasteiger partial charge in [0.15, 0.2) is 0 Å². The Hall–Kier alpha value is -1.75. The molecule has 3 heterocycles. The lowest BCUT2D eigenvalue weighted by molar-refractivity contribution is -0.131. The molecular formula is C21H32N2O3. The Morgan fingerprint density at radius 1 is 1.31 bits per heavy atom. The number of ether oxygens (including phenoxy) is 1. The minimum atomic E-state index is 0.0777. The van der Waals surface area contributed by atoms with Gasteiger partial charge >= 0.3 is 0 Å². The van der Waals surface area contributed by atoms with Gasteiger partial charge in [-0.3, -0.25) is 4.79 Å². The molecule has 0 unspecified atom stereocenters. The van der Waals surface area contributed by atoms with Crippen LogP contribution in [0.1, 0.15) is 40.0 Å². The Morgan fingerprint density at radius 3 is 2.85 bits per heavy atom. The molecule has 1 N–H and O–H groups in total. The number of benzene rings is 1. The highest BCUT2D eigenvalue weighted by atomic mass is 16.5. The highest BCUT2D eigenvalue weighted by molar-refractivity contribution is 5.76. The van der Waals surface area contributed by atoms with Crippen LogP contribution >= 0.6 is 0 Å². The Labute approximate surface area is 156 Å². The molecule has 0 spiro atoms. The molecule has 0 aromatic heterocycles. The van der Waals surface area contributed by atoms with Gasteiger partial charge in [-0.15, -0.1) is 0 Å². The van der Waals surface area contributed by atoms with Crippen molar-refractivity contribution in [1.82, 2.24) is 4.90 Å². The number of carbonyl (C=O) groups excluding carboxylic acids is 1. The maximum absolute atomic E-state index is 12.6. The number of nitrogens with zero attached hydrogens (tertiary/aromatic N) is 2. The van der Waals surface area contributed by atoms with Crippen LogP contribution in [0.4, 0.5) is 5.69 Å². The van der Waals surface area contributed by atoms with E-state index in [9.17, 15) is 4.79 Å². The van der Waals surface area contributed by atoms with Crippen LogP contribution in [0.2, 0.25) is 0 Å². The van der Waals surface area contributed by atoms with Crippen molar-refractivity contribution < 1.29 is 14.6 Å². The summed E-state index contributed by atoms with van der Waals surface area (Å²) in [6.07, 6.45) is 2.13. The predicted molar refractivity (Wildman–Crippen MR) is 104 cm³/mol. The molecule has 0 saturated carbocycles. The van der Waals surface area contributed by atoms with Crippen molar-refractivity contribution in [2.24, 2.45) is 11.3 Å². The fourth-order valence-electron chi connectivity index (χ4n) is 4.63. The summed E-state index contributed by atoms with van der Waals surface area (Å²) >= 11 is 0. The number of hydrogen-bond acceptors (Lipinski definition) is 4. The first-order valence-electron chi connectivity index (χ1n) is 9.82. The van der Waals surface area contributed by atoms with Crippen molar-refractivity contribution in [2.75, 3.05) is 37.7 Å². The number of hydrogen-bond donors (Lipinski definition) is 1. The van der Waals surface area contributed by atoms with Crippen molar-refractivity contribution >= 4 is 11.6 Å². The standard InChI is InChI=1S/C21H32N2O3/c1-4-26-18-8-5-7-17(11-18)23-14-16-12-21(2,3)19(23)15-22(13-16)20(25)9-6-10-24/h5,7-8,11,16,19,24H,4,6,9-10,12-15H2,1-3H3/t16-,19-/m1/s1. The van der Waals surface area contributed by atoms with Crippen LogP contribution in [-0.4, -0.2) is 54.8 Å². The van der Waals surface area contributed by atoms with Gasteiger partial charge in [0.25, 0.3) is 0 Å². The third kappa shape index (κ3) is 3.98. The number of fused-ring (bicyclic) bond motifs is 4. The number of aliphatic hydroxyl groups excluding tert-OH is 1. The van der Waals surface area contributed by atoms with Crippen molar-refractivity contribution in [2.45, 2.75) is 46.1 Å². The van der Waals surface area contributed by atoms with E-state index in [1.807, 2.05) is 17.9 Å². The van der Waals surface area contributed by atoms with Crippen LogP contribution in [0.5, 0.6) is 5.75 Å². The Balaban J connectivity index is 1.85. The third-order valence-corrected chi connectivity index (χ3v) is 5.78. The van der Waals surface area contributed by atoms with Gasteiger partial charge in [0, 0.05) is 44.4 Å². The SMILES string of the molecule is CCOc1cccc(N2C[C@H]3CN(C(=O)CCCO)C[C@@H]2C(C)(C)C3)c1. The van der Waals surface area contributed by atoms with Crippen molar-refractivity contribution in [1.29, 1.82) is 0 Å². The zero-order chi connectivity index (χ0) is 18.7. The lowest BCUT2D eigenvalue weighted by Gasteiger charge is -2.48. The van der Waals surface area contributed by atoms with E-state index in [-0.39, 0.29) is 24.0 Å². The largest absolute Gasteiger partial charge is 0.494 e. The van der Waals surface area contributed by atoms with Gasteiger partial charge in [-0.05, 0) is 43.2 Å². The average molecular weight is 360 g/mol. The van der Waals surface area contributed by atoms with Crippen LogP contribution in [0.25, 0.3) is 0 Å². The monoisotopic (exact) mass is 360 g/mol. The molecule has 1 amide bonds. The maximum Gasteiger partial charge on any atom is 0.222 e. The summed E-state index contributed by atoms with van der Waals surface area (Å²) in [5, 5.41) is 9.04. The molecule has 4 rings (SSSR count). The maximum atomic E-state index is 12.6. The summed E-state index contributed by atoms with van der Waals surface area (Å²) in [6, 6.07) is 8.61. The second kappa shape index (κ2) is 7.87. The Morgan fingerprint density at radius 2 is 2.12 bits per heavy atom. The summed E-state index contributed by atoms with van der Waals surface area (Å²) in [4.78, 5) is 17.1. The smallest absolute Gasteiger partial charge is 0.222 e. The molecule has 3 aliphatic heterocycles. The quantitative estimate of drug-likeness (QED) is 0.847. The molecule has 3 aliphatic rings. The summed E-state index contributed by atoms with van der Waals surface area (Å²) < 4.78 is 5.69. The van der Waals surface area contributed by atoms with E-state index < -0.39 is 0 Å². The van der Waals surface area contributed by atoms with E-state index in [1.165, 1.54) is 5.69 Å². The summed E-state index contributed by atoms with van der Waals surface area (Å²) in [5.74, 6) is 1.55. The van der Waals surface area contributed by atoms with E-state index in [4.69, 9.17) is 9.84 Å². The lowest BCUT2D eigenvalue weighted by Crippen LogP contribution is -2.54. The van der Waals surface area contributed by atoms with Crippen LogP contribution in [0.3, 0.4) is 0 Å². The average Bonchev–Trinajstić information content (AvgIpc) is 2.87. The topological polar surface area (TPSA) is 53.0 Å². The molecule has 26 heavy (non-hydrogen) atoms. The molecule has 0 aliphatic carbocycles. The van der Waals surface area contributed by atoms with E-state index in [1.54, 1.807) is 0 Å². The minimum Gasteiger partial charge on any atom is -0.494 e. The second-order valence-corrected chi connectivity index (χ2v) is 8.28. The lowest BCUT2D eigenvalue weighted by atomic mass is 9.73. The van der Waals surface area contributed by atoms with E-state index in [2.05, 4.69) is 36.9 Å². The van der Waals surface area contributed by atoms with Gasteiger partial charge in [-0.1, -0.05) is 19.9 Å². The molecule has 5 nitrogen and oxygen atoms in total. The summed E-state index contributed by atoms with van der Waals surface area (Å²) in [6.45, 7) is 9.95. The highest BCUT2D eigenvalue weighted by Gasteiger charge is 2.46.